The van der Waals surface area contributed by atoms with E-state index in [1.807, 2.05) is 20.8 Å². The summed E-state index contributed by atoms with van der Waals surface area (Å²) in [5.74, 6) is 0.379. The fourth-order valence-electron chi connectivity index (χ4n) is 1.82. The van der Waals surface area contributed by atoms with E-state index in [-0.39, 0.29) is 17.8 Å². The SMILES string of the molecule is CCc1nnc(NC(=O)CC(CC)CN)nc1CC. The van der Waals surface area contributed by atoms with Gasteiger partial charge in [-0.3, -0.25) is 10.1 Å². The minimum atomic E-state index is -0.106. The molecule has 1 aromatic heterocycles. The van der Waals surface area contributed by atoms with Crippen LogP contribution in [0.25, 0.3) is 0 Å². The number of carbonyl (C=O) groups excluding carboxylic acids is 1. The van der Waals surface area contributed by atoms with Gasteiger partial charge in [-0.1, -0.05) is 27.2 Å². The van der Waals surface area contributed by atoms with Crippen molar-refractivity contribution in [3.05, 3.63) is 11.4 Å². The Kier molecular flexibility index (Phi) is 6.35. The summed E-state index contributed by atoms with van der Waals surface area (Å²) in [6.45, 7) is 6.55. The molecule has 1 heterocycles. The molecule has 1 aromatic rings. The molecule has 6 nitrogen and oxygen atoms in total. The molecule has 6 heteroatoms. The van der Waals surface area contributed by atoms with Crippen molar-refractivity contribution in [3.63, 3.8) is 0 Å². The zero-order valence-electron chi connectivity index (χ0n) is 11.9. The number of hydrogen-bond donors (Lipinski definition) is 2. The zero-order chi connectivity index (χ0) is 14.3. The first-order valence-electron chi connectivity index (χ1n) is 6.86. The van der Waals surface area contributed by atoms with Crippen molar-refractivity contribution < 1.29 is 4.79 Å². The molecule has 1 atom stereocenters. The number of rotatable bonds is 7. The van der Waals surface area contributed by atoms with E-state index in [2.05, 4.69) is 20.5 Å². The quantitative estimate of drug-likeness (QED) is 0.775. The van der Waals surface area contributed by atoms with Crippen LogP contribution in [0.4, 0.5) is 5.95 Å². The molecule has 0 aliphatic carbocycles. The number of nitrogens with zero attached hydrogens (tertiary/aromatic N) is 3. The molecule has 0 saturated heterocycles. The molecule has 0 bridgehead atoms. The van der Waals surface area contributed by atoms with Crippen LogP contribution in [0.1, 0.15) is 45.0 Å². The number of anilines is 1. The molecule has 106 valence electrons. The highest BCUT2D eigenvalue weighted by Crippen LogP contribution is 2.10. The lowest BCUT2D eigenvalue weighted by Gasteiger charge is -2.11. The largest absolute Gasteiger partial charge is 0.330 e. The fraction of sp³-hybridized carbons (Fsp3) is 0.692. The van der Waals surface area contributed by atoms with Crippen LogP contribution < -0.4 is 11.1 Å². The Morgan fingerprint density at radius 1 is 1.21 bits per heavy atom. The van der Waals surface area contributed by atoms with Crippen molar-refractivity contribution in [2.24, 2.45) is 11.7 Å². The second kappa shape index (κ2) is 7.78. The Morgan fingerprint density at radius 2 is 1.89 bits per heavy atom. The first-order chi connectivity index (χ1) is 9.14. The van der Waals surface area contributed by atoms with Crippen molar-refractivity contribution in [1.29, 1.82) is 0 Å². The van der Waals surface area contributed by atoms with Gasteiger partial charge >= 0.3 is 0 Å². The number of carbonyl (C=O) groups is 1. The van der Waals surface area contributed by atoms with Crippen LogP contribution in [0.2, 0.25) is 0 Å². The van der Waals surface area contributed by atoms with E-state index in [1.165, 1.54) is 0 Å². The molecule has 1 amide bonds. The smallest absolute Gasteiger partial charge is 0.249 e. The van der Waals surface area contributed by atoms with E-state index < -0.39 is 0 Å². The normalized spacial score (nSPS) is 12.2. The van der Waals surface area contributed by atoms with E-state index in [1.54, 1.807) is 0 Å². The van der Waals surface area contributed by atoms with E-state index in [9.17, 15) is 4.79 Å². The van der Waals surface area contributed by atoms with Gasteiger partial charge in [-0.2, -0.15) is 0 Å². The number of amides is 1. The lowest BCUT2D eigenvalue weighted by molar-refractivity contribution is -0.117. The lowest BCUT2D eigenvalue weighted by Crippen LogP contribution is -2.23. The van der Waals surface area contributed by atoms with Crippen LogP contribution in [0.5, 0.6) is 0 Å². The highest BCUT2D eigenvalue weighted by Gasteiger charge is 2.13. The Bertz CT molecular complexity index is 417. The van der Waals surface area contributed by atoms with Crippen LogP contribution in [0, 0.1) is 5.92 Å². The van der Waals surface area contributed by atoms with E-state index >= 15 is 0 Å². The van der Waals surface area contributed by atoms with Gasteiger partial charge in [-0.25, -0.2) is 4.98 Å². The van der Waals surface area contributed by atoms with Gasteiger partial charge in [-0.15, -0.1) is 10.2 Å². The van der Waals surface area contributed by atoms with Gasteiger partial charge in [0.25, 0.3) is 0 Å². The summed E-state index contributed by atoms with van der Waals surface area (Å²) in [6.07, 6.45) is 2.86. The van der Waals surface area contributed by atoms with E-state index in [4.69, 9.17) is 5.73 Å². The second-order valence-electron chi connectivity index (χ2n) is 4.50. The maximum Gasteiger partial charge on any atom is 0.249 e. The second-order valence-corrected chi connectivity index (χ2v) is 4.50. The Balaban J connectivity index is 2.69. The number of nitrogens with one attached hydrogen (secondary N) is 1. The lowest BCUT2D eigenvalue weighted by atomic mass is 10.0. The molecular weight excluding hydrogens is 242 g/mol. The Morgan fingerprint density at radius 3 is 2.42 bits per heavy atom. The summed E-state index contributed by atoms with van der Waals surface area (Å²) >= 11 is 0. The van der Waals surface area contributed by atoms with Crippen molar-refractivity contribution in [1.82, 2.24) is 15.2 Å². The molecule has 0 aliphatic heterocycles. The molecule has 0 spiro atoms. The summed E-state index contributed by atoms with van der Waals surface area (Å²) in [5.41, 5.74) is 7.36. The summed E-state index contributed by atoms with van der Waals surface area (Å²) < 4.78 is 0. The fourth-order valence-corrected chi connectivity index (χ4v) is 1.82. The molecule has 19 heavy (non-hydrogen) atoms. The maximum absolute atomic E-state index is 11.8. The van der Waals surface area contributed by atoms with Gasteiger partial charge in [0.05, 0.1) is 11.4 Å². The molecule has 0 fully saturated rings. The number of hydrogen-bond acceptors (Lipinski definition) is 5. The van der Waals surface area contributed by atoms with Crippen molar-refractivity contribution in [3.8, 4) is 0 Å². The van der Waals surface area contributed by atoms with Crippen LogP contribution >= 0.6 is 0 Å². The van der Waals surface area contributed by atoms with Crippen molar-refractivity contribution >= 4 is 11.9 Å². The molecule has 1 unspecified atom stereocenters. The summed E-state index contributed by atoms with van der Waals surface area (Å²) in [5, 5.41) is 10.7. The zero-order valence-corrected chi connectivity index (χ0v) is 11.9. The predicted molar refractivity (Wildman–Crippen MR) is 74.7 cm³/mol. The van der Waals surface area contributed by atoms with Crippen molar-refractivity contribution in [2.75, 3.05) is 11.9 Å². The first kappa shape index (κ1) is 15.5. The summed E-state index contributed by atoms with van der Waals surface area (Å²) in [7, 11) is 0. The third-order valence-corrected chi connectivity index (χ3v) is 3.15. The van der Waals surface area contributed by atoms with Crippen LogP contribution in [-0.2, 0) is 17.6 Å². The molecule has 0 saturated carbocycles. The van der Waals surface area contributed by atoms with Crippen LogP contribution in [0.15, 0.2) is 0 Å². The van der Waals surface area contributed by atoms with Crippen molar-refractivity contribution in [2.45, 2.75) is 46.5 Å². The molecule has 0 aromatic carbocycles. The molecule has 3 N–H and O–H groups in total. The standard InChI is InChI=1S/C13H23N5O/c1-4-9(8-14)7-12(19)16-13-15-10(5-2)11(6-3)17-18-13/h9H,4-8,14H2,1-3H3,(H,15,16,18,19). The summed E-state index contributed by atoms with van der Waals surface area (Å²) in [4.78, 5) is 16.1. The average molecular weight is 265 g/mol. The predicted octanol–water partition coefficient (Wildman–Crippen LogP) is 1.31. The number of aromatic nitrogens is 3. The third-order valence-electron chi connectivity index (χ3n) is 3.15. The maximum atomic E-state index is 11.8. The molecule has 0 radical (unpaired) electrons. The van der Waals surface area contributed by atoms with Gasteiger partial charge in [0.2, 0.25) is 11.9 Å². The minimum absolute atomic E-state index is 0.106. The first-order valence-corrected chi connectivity index (χ1v) is 6.86. The molecular formula is C13H23N5O. The average Bonchev–Trinajstić information content (AvgIpc) is 2.44. The van der Waals surface area contributed by atoms with Gasteiger partial charge in [0, 0.05) is 6.42 Å². The molecule has 1 rings (SSSR count). The number of nitrogens with two attached hydrogens (primary N) is 1. The third kappa shape index (κ3) is 4.55. The minimum Gasteiger partial charge on any atom is -0.330 e. The Hall–Kier alpha value is -1.56. The van der Waals surface area contributed by atoms with Gasteiger partial charge in [-0.05, 0) is 25.3 Å². The topological polar surface area (TPSA) is 93.8 Å². The number of aryl methyl sites for hydroxylation is 2. The highest BCUT2D eigenvalue weighted by molar-refractivity contribution is 5.89. The van der Waals surface area contributed by atoms with E-state index in [0.29, 0.717) is 13.0 Å². The van der Waals surface area contributed by atoms with E-state index in [0.717, 1.165) is 30.7 Å². The monoisotopic (exact) mass is 265 g/mol. The highest BCUT2D eigenvalue weighted by atomic mass is 16.1. The van der Waals surface area contributed by atoms with Gasteiger partial charge < -0.3 is 5.73 Å². The summed E-state index contributed by atoms with van der Waals surface area (Å²) in [6, 6.07) is 0. The van der Waals surface area contributed by atoms with Gasteiger partial charge in [0.1, 0.15) is 0 Å². The van der Waals surface area contributed by atoms with Crippen LogP contribution in [-0.4, -0.2) is 27.6 Å². The van der Waals surface area contributed by atoms with Crippen LogP contribution in [0.3, 0.4) is 0 Å². The Labute approximate surface area is 114 Å². The molecule has 0 aliphatic rings. The van der Waals surface area contributed by atoms with Gasteiger partial charge in [0.15, 0.2) is 0 Å².